The molecule has 2 bridgehead atoms. The molecule has 15 heavy (non-hydrogen) atoms. The van der Waals surface area contributed by atoms with Gasteiger partial charge in [0, 0.05) is 32.3 Å². The highest BCUT2D eigenvalue weighted by atomic mass is 16.7. The summed E-state index contributed by atoms with van der Waals surface area (Å²) in [6.07, 6.45) is 4.76. The molecule has 0 spiro atoms. The Morgan fingerprint density at radius 1 is 1.20 bits per heavy atom. The number of piperidine rings is 1. The third-order valence-corrected chi connectivity index (χ3v) is 3.81. The number of ether oxygens (including phenoxy) is 2. The smallest absolute Gasteiger partial charge is 0.169 e. The van der Waals surface area contributed by atoms with Crippen LogP contribution in [-0.2, 0) is 9.47 Å². The molecule has 4 heteroatoms. The van der Waals surface area contributed by atoms with Crippen LogP contribution >= 0.6 is 0 Å². The number of hydrogen-bond acceptors (Lipinski definition) is 4. The van der Waals surface area contributed by atoms with Gasteiger partial charge in [-0.1, -0.05) is 0 Å². The summed E-state index contributed by atoms with van der Waals surface area (Å²) in [5.74, 6) is 0. The SMILES string of the molecule is COC(CN1C2CCC1CC(N)C2)OC. The van der Waals surface area contributed by atoms with Gasteiger partial charge >= 0.3 is 0 Å². The van der Waals surface area contributed by atoms with Crippen molar-refractivity contribution in [1.29, 1.82) is 0 Å². The Morgan fingerprint density at radius 3 is 2.20 bits per heavy atom. The average molecular weight is 214 g/mol. The molecule has 2 aliphatic rings. The van der Waals surface area contributed by atoms with Gasteiger partial charge in [0.15, 0.2) is 6.29 Å². The van der Waals surface area contributed by atoms with Gasteiger partial charge in [-0.15, -0.1) is 0 Å². The largest absolute Gasteiger partial charge is 0.355 e. The molecule has 0 saturated carbocycles. The zero-order valence-corrected chi connectivity index (χ0v) is 9.69. The van der Waals surface area contributed by atoms with Crippen LogP contribution in [-0.4, -0.2) is 50.1 Å². The number of methoxy groups -OCH3 is 2. The fraction of sp³-hybridized carbons (Fsp3) is 1.00. The highest BCUT2D eigenvalue weighted by molar-refractivity contribution is 4.96. The van der Waals surface area contributed by atoms with Crippen LogP contribution in [0.4, 0.5) is 0 Å². The summed E-state index contributed by atoms with van der Waals surface area (Å²) in [4.78, 5) is 2.53. The molecule has 0 aromatic heterocycles. The summed E-state index contributed by atoms with van der Waals surface area (Å²) in [7, 11) is 3.40. The lowest BCUT2D eigenvalue weighted by atomic mass is 9.98. The molecule has 0 aromatic rings. The van der Waals surface area contributed by atoms with Crippen LogP contribution < -0.4 is 5.73 Å². The first-order valence-corrected chi connectivity index (χ1v) is 5.81. The van der Waals surface area contributed by atoms with Gasteiger partial charge in [-0.25, -0.2) is 0 Å². The summed E-state index contributed by atoms with van der Waals surface area (Å²) in [6.45, 7) is 0.884. The quantitative estimate of drug-likeness (QED) is 0.695. The van der Waals surface area contributed by atoms with Crippen LogP contribution in [0.15, 0.2) is 0 Å². The Bertz CT molecular complexity index is 195. The normalized spacial score (nSPS) is 36.4. The lowest BCUT2D eigenvalue weighted by Crippen LogP contribution is -2.50. The predicted molar refractivity (Wildman–Crippen MR) is 58.5 cm³/mol. The molecule has 2 unspecified atom stereocenters. The Balaban J connectivity index is 1.93. The van der Waals surface area contributed by atoms with Crippen LogP contribution in [0.25, 0.3) is 0 Å². The molecule has 0 amide bonds. The minimum absolute atomic E-state index is 0.0950. The zero-order chi connectivity index (χ0) is 10.8. The van der Waals surface area contributed by atoms with E-state index in [1.807, 2.05) is 0 Å². The maximum atomic E-state index is 6.02. The zero-order valence-electron chi connectivity index (χ0n) is 9.69. The van der Waals surface area contributed by atoms with Crippen LogP contribution in [0, 0.1) is 0 Å². The van der Waals surface area contributed by atoms with Gasteiger partial charge in [0.1, 0.15) is 0 Å². The number of nitrogens with two attached hydrogens (primary N) is 1. The summed E-state index contributed by atoms with van der Waals surface area (Å²) in [5.41, 5.74) is 6.02. The molecule has 2 atom stereocenters. The van der Waals surface area contributed by atoms with Crippen molar-refractivity contribution in [2.75, 3.05) is 20.8 Å². The number of hydrogen-bond donors (Lipinski definition) is 1. The molecular weight excluding hydrogens is 192 g/mol. The lowest BCUT2D eigenvalue weighted by molar-refractivity contribution is -0.124. The molecule has 2 fully saturated rings. The second kappa shape index (κ2) is 4.78. The molecule has 0 radical (unpaired) electrons. The molecule has 88 valence electrons. The van der Waals surface area contributed by atoms with E-state index in [2.05, 4.69) is 4.90 Å². The fourth-order valence-corrected chi connectivity index (χ4v) is 3.03. The molecule has 0 aromatic carbocycles. The molecule has 2 rings (SSSR count). The van der Waals surface area contributed by atoms with E-state index in [0.29, 0.717) is 18.1 Å². The Morgan fingerprint density at radius 2 is 1.73 bits per heavy atom. The summed E-state index contributed by atoms with van der Waals surface area (Å²) >= 11 is 0. The van der Waals surface area contributed by atoms with Crippen molar-refractivity contribution < 1.29 is 9.47 Å². The van der Waals surface area contributed by atoms with Gasteiger partial charge in [-0.2, -0.15) is 0 Å². The van der Waals surface area contributed by atoms with E-state index in [0.717, 1.165) is 19.4 Å². The van der Waals surface area contributed by atoms with Gasteiger partial charge < -0.3 is 15.2 Å². The monoisotopic (exact) mass is 214 g/mol. The maximum absolute atomic E-state index is 6.02. The van der Waals surface area contributed by atoms with Crippen molar-refractivity contribution in [3.63, 3.8) is 0 Å². The van der Waals surface area contributed by atoms with E-state index in [4.69, 9.17) is 15.2 Å². The van der Waals surface area contributed by atoms with Crippen LogP contribution in [0.5, 0.6) is 0 Å². The Kier molecular flexibility index (Phi) is 3.61. The van der Waals surface area contributed by atoms with Crippen LogP contribution in [0.1, 0.15) is 25.7 Å². The highest BCUT2D eigenvalue weighted by Crippen LogP contribution is 2.35. The van der Waals surface area contributed by atoms with E-state index < -0.39 is 0 Å². The molecule has 0 aliphatic carbocycles. The predicted octanol–water partition coefficient (Wildman–Crippen LogP) is 0.559. The lowest BCUT2D eigenvalue weighted by Gasteiger charge is -2.38. The van der Waals surface area contributed by atoms with Crippen molar-refractivity contribution >= 4 is 0 Å². The van der Waals surface area contributed by atoms with E-state index in [1.165, 1.54) is 12.8 Å². The van der Waals surface area contributed by atoms with Crippen molar-refractivity contribution in [2.45, 2.75) is 50.1 Å². The summed E-state index contributed by atoms with van der Waals surface area (Å²) in [5, 5.41) is 0. The molecule has 4 nitrogen and oxygen atoms in total. The first-order valence-electron chi connectivity index (χ1n) is 5.81. The van der Waals surface area contributed by atoms with Gasteiger partial charge in [-0.3, -0.25) is 4.90 Å². The Hall–Kier alpha value is -0.160. The van der Waals surface area contributed by atoms with E-state index in [-0.39, 0.29) is 6.29 Å². The minimum Gasteiger partial charge on any atom is -0.355 e. The second-order valence-corrected chi connectivity index (χ2v) is 4.71. The van der Waals surface area contributed by atoms with Crippen molar-refractivity contribution in [3.05, 3.63) is 0 Å². The van der Waals surface area contributed by atoms with Gasteiger partial charge in [0.25, 0.3) is 0 Å². The van der Waals surface area contributed by atoms with Crippen molar-refractivity contribution in [2.24, 2.45) is 5.73 Å². The van der Waals surface area contributed by atoms with Crippen LogP contribution in [0.3, 0.4) is 0 Å². The fourth-order valence-electron chi connectivity index (χ4n) is 3.03. The molecule has 2 saturated heterocycles. The number of fused-ring (bicyclic) bond motifs is 2. The molecule has 2 aliphatic heterocycles. The molecule has 2 heterocycles. The van der Waals surface area contributed by atoms with Gasteiger partial charge in [0.05, 0.1) is 6.54 Å². The maximum Gasteiger partial charge on any atom is 0.169 e. The molecule has 2 N–H and O–H groups in total. The molecular formula is C11H22N2O2. The van der Waals surface area contributed by atoms with Gasteiger partial charge in [-0.05, 0) is 25.7 Å². The van der Waals surface area contributed by atoms with E-state index in [9.17, 15) is 0 Å². The first-order chi connectivity index (χ1) is 7.24. The second-order valence-electron chi connectivity index (χ2n) is 4.71. The summed E-state index contributed by atoms with van der Waals surface area (Å²) in [6, 6.07) is 1.72. The highest BCUT2D eigenvalue weighted by Gasteiger charge is 2.40. The summed E-state index contributed by atoms with van der Waals surface area (Å²) < 4.78 is 10.5. The first kappa shape index (κ1) is 11.3. The minimum atomic E-state index is -0.0950. The third kappa shape index (κ3) is 2.33. The van der Waals surface area contributed by atoms with E-state index in [1.54, 1.807) is 14.2 Å². The topological polar surface area (TPSA) is 47.7 Å². The Labute approximate surface area is 91.7 Å². The average Bonchev–Trinajstić information content (AvgIpc) is 2.47. The number of nitrogens with zero attached hydrogens (tertiary/aromatic N) is 1. The van der Waals surface area contributed by atoms with Crippen molar-refractivity contribution in [3.8, 4) is 0 Å². The standard InChI is InChI=1S/C11H22N2O2/c1-14-11(15-2)7-13-9-3-4-10(13)6-8(12)5-9/h8-11H,3-7,12H2,1-2H3. The van der Waals surface area contributed by atoms with Crippen molar-refractivity contribution in [1.82, 2.24) is 4.90 Å². The number of rotatable bonds is 4. The third-order valence-electron chi connectivity index (χ3n) is 3.81. The van der Waals surface area contributed by atoms with Crippen LogP contribution in [0.2, 0.25) is 0 Å². The van der Waals surface area contributed by atoms with E-state index >= 15 is 0 Å². The van der Waals surface area contributed by atoms with Gasteiger partial charge in [0.2, 0.25) is 0 Å².